The smallest absolute Gasteiger partial charge is 0.337 e. The average molecular weight is 845 g/mol. The number of halogens is 2. The Morgan fingerprint density at radius 1 is 0.943 bits per heavy atom. The van der Waals surface area contributed by atoms with Crippen LogP contribution in [0.1, 0.15) is 62.4 Å². The van der Waals surface area contributed by atoms with Crippen molar-refractivity contribution in [3.8, 4) is 11.8 Å². The molecule has 14 heteroatoms. The van der Waals surface area contributed by atoms with E-state index in [-0.39, 0.29) is 24.2 Å². The monoisotopic (exact) mass is 842 g/mol. The number of aromatic nitrogens is 3. The van der Waals surface area contributed by atoms with Gasteiger partial charge in [-0.3, -0.25) is 9.59 Å². The van der Waals surface area contributed by atoms with Crippen LogP contribution in [-0.2, 0) is 17.8 Å². The summed E-state index contributed by atoms with van der Waals surface area (Å²) in [5.41, 5.74) is 3.61. The van der Waals surface area contributed by atoms with Crippen LogP contribution in [0.2, 0.25) is 0 Å². The summed E-state index contributed by atoms with van der Waals surface area (Å²) in [6.45, 7) is 2.36. The minimum Gasteiger partial charge on any atom is -0.490 e. The highest BCUT2D eigenvalue weighted by molar-refractivity contribution is 9.10. The topological polar surface area (TPSA) is 162 Å². The Morgan fingerprint density at radius 2 is 1.66 bits per heavy atom. The number of aromatic amines is 1. The first kappa shape index (κ1) is 37.7. The molecule has 2 fully saturated rings. The lowest BCUT2D eigenvalue weighted by Crippen LogP contribution is -2.49. The summed E-state index contributed by atoms with van der Waals surface area (Å²) in [4.78, 5) is 45.4. The molecular formula is C39H36Br2N6O6. The molecule has 0 spiro atoms. The second-order valence-electron chi connectivity index (χ2n) is 12.7. The number of hydrogen-bond acceptors (Lipinski definition) is 10. The summed E-state index contributed by atoms with van der Waals surface area (Å²) in [6.07, 6.45) is 5.52. The molecule has 0 bridgehead atoms. The minimum absolute atomic E-state index is 0.0366. The Bertz CT molecular complexity index is 2230. The number of aliphatic hydroxyl groups is 1. The number of nitrogens with zero attached hydrogens (tertiary/aromatic N) is 5. The number of ether oxygens (including phenoxy) is 2. The molecule has 2 aliphatic rings. The summed E-state index contributed by atoms with van der Waals surface area (Å²) in [5, 5.41) is 26.2. The molecule has 53 heavy (non-hydrogen) atoms. The second-order valence-corrected chi connectivity index (χ2v) is 14.5. The number of aliphatic hydroxyl groups excluding tert-OH is 1. The van der Waals surface area contributed by atoms with Crippen LogP contribution in [0.4, 0.5) is 5.82 Å². The number of pyridine rings is 1. The molecule has 0 atom stereocenters. The molecule has 5 aromatic rings. The van der Waals surface area contributed by atoms with Gasteiger partial charge < -0.3 is 24.4 Å². The van der Waals surface area contributed by atoms with Gasteiger partial charge in [-0.2, -0.15) is 10.4 Å². The number of H-pyrrole nitrogens is 1. The summed E-state index contributed by atoms with van der Waals surface area (Å²) in [7, 11) is 1.32. The zero-order valence-corrected chi connectivity index (χ0v) is 32.0. The number of carbonyl (C=O) groups excluding carboxylic acids is 2. The fraction of sp³-hybridized carbons (Fsp3) is 0.282. The number of nitriles is 1. The SMILES string of the molecule is COC(=O)c1cc(Br)cc(CO)c1.N#Cc1ccc(N2CCN(C(=O)c3cc(Br)cc(Cc4n[nH]c(=O)c5ccc(OC6CCC6)cc45)c3)CC2)nc1. The average Bonchev–Trinajstić information content (AvgIpc) is 3.16. The van der Waals surface area contributed by atoms with Crippen LogP contribution < -0.4 is 15.2 Å². The first-order chi connectivity index (χ1) is 25.6. The van der Waals surface area contributed by atoms with Crippen molar-refractivity contribution in [1.29, 1.82) is 5.26 Å². The highest BCUT2D eigenvalue weighted by Crippen LogP contribution is 2.29. The van der Waals surface area contributed by atoms with E-state index in [9.17, 15) is 14.4 Å². The van der Waals surface area contributed by atoms with Crippen molar-refractivity contribution in [2.45, 2.75) is 38.4 Å². The van der Waals surface area contributed by atoms with Gasteiger partial charge in [0.25, 0.3) is 11.5 Å². The van der Waals surface area contributed by atoms with Gasteiger partial charge in [0.15, 0.2) is 0 Å². The molecule has 272 valence electrons. The number of piperazine rings is 1. The van der Waals surface area contributed by atoms with E-state index in [1.807, 2.05) is 41.3 Å². The number of anilines is 1. The van der Waals surface area contributed by atoms with Crippen LogP contribution in [-0.4, -0.2) is 76.5 Å². The van der Waals surface area contributed by atoms with Gasteiger partial charge in [0.2, 0.25) is 0 Å². The molecule has 2 N–H and O–H groups in total. The van der Waals surface area contributed by atoms with Gasteiger partial charge >= 0.3 is 5.97 Å². The number of nitrogens with one attached hydrogen (secondary N) is 1. The van der Waals surface area contributed by atoms with E-state index in [1.54, 1.807) is 36.5 Å². The predicted molar refractivity (Wildman–Crippen MR) is 206 cm³/mol. The molecule has 1 amide bonds. The van der Waals surface area contributed by atoms with E-state index in [1.165, 1.54) is 13.5 Å². The molecule has 12 nitrogen and oxygen atoms in total. The third-order valence-corrected chi connectivity index (χ3v) is 10.0. The first-order valence-electron chi connectivity index (χ1n) is 17.0. The highest BCUT2D eigenvalue weighted by Gasteiger charge is 2.24. The first-order valence-corrected chi connectivity index (χ1v) is 18.6. The van der Waals surface area contributed by atoms with E-state index >= 15 is 0 Å². The molecule has 3 heterocycles. The van der Waals surface area contributed by atoms with Gasteiger partial charge in [0.05, 0.1) is 42.0 Å². The van der Waals surface area contributed by atoms with Crippen molar-refractivity contribution in [2.24, 2.45) is 0 Å². The molecule has 0 unspecified atom stereocenters. The zero-order valence-electron chi connectivity index (χ0n) is 28.8. The molecule has 1 aliphatic carbocycles. The van der Waals surface area contributed by atoms with Gasteiger partial charge in [-0.25, -0.2) is 14.9 Å². The van der Waals surface area contributed by atoms with Crippen molar-refractivity contribution in [3.63, 3.8) is 0 Å². The molecule has 2 aromatic heterocycles. The van der Waals surface area contributed by atoms with Gasteiger partial charge in [-0.05, 0) is 97.1 Å². The Morgan fingerprint density at radius 3 is 2.30 bits per heavy atom. The Kier molecular flexibility index (Phi) is 12.2. The number of esters is 1. The van der Waals surface area contributed by atoms with Crippen molar-refractivity contribution in [2.75, 3.05) is 38.2 Å². The van der Waals surface area contributed by atoms with Crippen molar-refractivity contribution in [3.05, 3.63) is 126 Å². The fourth-order valence-corrected chi connectivity index (χ4v) is 7.18. The zero-order chi connectivity index (χ0) is 37.5. The Balaban J connectivity index is 0.000000314. The van der Waals surface area contributed by atoms with Crippen molar-refractivity contribution in [1.82, 2.24) is 20.1 Å². The normalized spacial score (nSPS) is 14.1. The fourth-order valence-electron chi connectivity index (χ4n) is 6.10. The third-order valence-electron chi connectivity index (χ3n) is 9.10. The van der Waals surface area contributed by atoms with Crippen LogP contribution in [0.3, 0.4) is 0 Å². The van der Waals surface area contributed by atoms with E-state index in [0.29, 0.717) is 65.9 Å². The molecule has 7 rings (SSSR count). The van der Waals surface area contributed by atoms with Gasteiger partial charge in [-0.1, -0.05) is 31.9 Å². The molecular weight excluding hydrogens is 808 g/mol. The van der Waals surface area contributed by atoms with Crippen LogP contribution in [0.15, 0.2) is 86.7 Å². The quantitative estimate of drug-likeness (QED) is 0.173. The molecule has 1 aliphatic heterocycles. The van der Waals surface area contributed by atoms with E-state index in [0.717, 1.165) is 44.3 Å². The number of carbonyl (C=O) groups is 2. The predicted octanol–water partition coefficient (Wildman–Crippen LogP) is 6.16. The summed E-state index contributed by atoms with van der Waals surface area (Å²) < 4.78 is 12.2. The van der Waals surface area contributed by atoms with Crippen LogP contribution >= 0.6 is 31.9 Å². The number of methoxy groups -OCH3 is 1. The Labute approximate surface area is 322 Å². The van der Waals surface area contributed by atoms with Gasteiger partial charge in [0, 0.05) is 58.7 Å². The number of hydrogen-bond donors (Lipinski definition) is 2. The van der Waals surface area contributed by atoms with Crippen molar-refractivity contribution < 1.29 is 24.2 Å². The van der Waals surface area contributed by atoms with Gasteiger partial charge in [-0.15, -0.1) is 0 Å². The number of amides is 1. The molecule has 0 radical (unpaired) electrons. The largest absolute Gasteiger partial charge is 0.490 e. The number of benzene rings is 3. The third kappa shape index (κ3) is 9.29. The second kappa shape index (κ2) is 17.2. The van der Waals surface area contributed by atoms with E-state index in [2.05, 4.69) is 62.7 Å². The minimum atomic E-state index is -0.406. The molecule has 1 saturated carbocycles. The highest BCUT2D eigenvalue weighted by atomic mass is 79.9. The maximum Gasteiger partial charge on any atom is 0.337 e. The lowest BCUT2D eigenvalue weighted by atomic mass is 9.96. The number of fused-ring (bicyclic) bond motifs is 1. The van der Waals surface area contributed by atoms with E-state index in [4.69, 9.17) is 15.1 Å². The maximum atomic E-state index is 13.5. The molecule has 3 aromatic carbocycles. The van der Waals surface area contributed by atoms with Crippen LogP contribution in [0, 0.1) is 11.3 Å². The standard InChI is InChI=1S/C30H27BrN6O3.C9H9BrO3/c31-22-13-20(14-27-26-16-24(40-23-2-1-3-23)5-6-25(26)29(38)35-34-27)12-21(15-22)30(39)37-10-8-36(9-11-37)28-7-4-19(17-32)18-33-28;1-13-9(12)7-2-6(5-11)3-8(10)4-7/h4-7,12-13,15-16,18,23H,1-3,8-11,14H2,(H,35,38);2-4,11H,5H2,1H3. The van der Waals surface area contributed by atoms with E-state index < -0.39 is 5.97 Å². The lowest BCUT2D eigenvalue weighted by molar-refractivity contribution is 0.0600. The summed E-state index contributed by atoms with van der Waals surface area (Å²) >= 11 is 6.81. The number of rotatable bonds is 8. The maximum absolute atomic E-state index is 13.5. The van der Waals surface area contributed by atoms with Crippen molar-refractivity contribution >= 4 is 60.3 Å². The molecule has 1 saturated heterocycles. The van der Waals surface area contributed by atoms with Crippen LogP contribution in [0.25, 0.3) is 10.8 Å². The summed E-state index contributed by atoms with van der Waals surface area (Å²) in [6, 6.07) is 21.9. The van der Waals surface area contributed by atoms with Crippen LogP contribution in [0.5, 0.6) is 5.75 Å². The van der Waals surface area contributed by atoms with Gasteiger partial charge in [0.1, 0.15) is 17.6 Å². The Hall–Kier alpha value is -5.10. The summed E-state index contributed by atoms with van der Waals surface area (Å²) in [5.74, 6) is 1.10. The lowest BCUT2D eigenvalue weighted by Gasteiger charge is -2.35.